The lowest BCUT2D eigenvalue weighted by Crippen LogP contribution is -2.33. The Kier molecular flexibility index (Phi) is 5.02. The van der Waals surface area contributed by atoms with Gasteiger partial charge in [-0.05, 0) is 36.8 Å². The number of likely N-dealkylation sites (N-methyl/N-ethyl adjacent to an activating group) is 1. The number of methoxy groups -OCH3 is 1. The van der Waals surface area contributed by atoms with Crippen molar-refractivity contribution in [2.45, 2.75) is 20.0 Å². The standard InChI is InChI=1S/C24H24N2O2/c1-3-25(16-18-12-14-19(28-2)15-13-18)24(27)17-26-22-10-6-4-8-20(22)21-9-5-7-11-23(21)26/h4-15H,3,16-17H2,1-2H3. The van der Waals surface area contributed by atoms with Gasteiger partial charge in [-0.15, -0.1) is 0 Å². The number of carbonyl (C=O) groups excluding carboxylic acids is 1. The van der Waals surface area contributed by atoms with Crippen LogP contribution in [-0.2, 0) is 17.9 Å². The SMILES string of the molecule is CCN(Cc1ccc(OC)cc1)C(=O)Cn1c2ccccc2c2ccccc21. The van der Waals surface area contributed by atoms with Gasteiger partial charge in [0.05, 0.1) is 7.11 Å². The van der Waals surface area contributed by atoms with Crippen LogP contribution in [0.3, 0.4) is 0 Å². The third-order valence-electron chi connectivity index (χ3n) is 5.24. The minimum atomic E-state index is 0.116. The van der Waals surface area contributed by atoms with Crippen molar-refractivity contribution in [3.8, 4) is 5.75 Å². The Bertz CT molecular complexity index is 1060. The van der Waals surface area contributed by atoms with Gasteiger partial charge in [0.25, 0.3) is 0 Å². The number of ether oxygens (including phenoxy) is 1. The fraction of sp³-hybridized carbons (Fsp3) is 0.208. The summed E-state index contributed by atoms with van der Waals surface area (Å²) in [5.41, 5.74) is 3.29. The summed E-state index contributed by atoms with van der Waals surface area (Å²) in [6.45, 7) is 3.61. The molecule has 142 valence electrons. The van der Waals surface area contributed by atoms with Crippen LogP contribution in [0, 0.1) is 0 Å². The highest BCUT2D eigenvalue weighted by atomic mass is 16.5. The number of para-hydroxylation sites is 2. The molecule has 0 aliphatic rings. The zero-order valence-electron chi connectivity index (χ0n) is 16.3. The van der Waals surface area contributed by atoms with E-state index in [4.69, 9.17) is 4.74 Å². The first-order chi connectivity index (χ1) is 13.7. The lowest BCUT2D eigenvalue weighted by Gasteiger charge is -2.22. The molecule has 1 heterocycles. The molecule has 3 aromatic carbocycles. The van der Waals surface area contributed by atoms with E-state index in [9.17, 15) is 4.79 Å². The number of hydrogen-bond donors (Lipinski definition) is 0. The van der Waals surface area contributed by atoms with Crippen LogP contribution in [0.15, 0.2) is 72.8 Å². The fourth-order valence-corrected chi connectivity index (χ4v) is 3.74. The summed E-state index contributed by atoms with van der Waals surface area (Å²) in [7, 11) is 1.66. The van der Waals surface area contributed by atoms with Gasteiger partial charge in [0.2, 0.25) is 5.91 Å². The highest BCUT2D eigenvalue weighted by Crippen LogP contribution is 2.28. The quantitative estimate of drug-likeness (QED) is 0.485. The molecule has 0 N–H and O–H groups in total. The summed E-state index contributed by atoms with van der Waals surface area (Å²) in [6, 6.07) is 24.4. The number of nitrogens with zero attached hydrogens (tertiary/aromatic N) is 2. The third kappa shape index (κ3) is 3.33. The van der Waals surface area contributed by atoms with E-state index < -0.39 is 0 Å². The van der Waals surface area contributed by atoms with Crippen LogP contribution in [0.2, 0.25) is 0 Å². The molecule has 4 rings (SSSR count). The van der Waals surface area contributed by atoms with E-state index in [0.29, 0.717) is 19.6 Å². The number of hydrogen-bond acceptors (Lipinski definition) is 2. The number of aromatic nitrogens is 1. The predicted molar refractivity (Wildman–Crippen MR) is 114 cm³/mol. The lowest BCUT2D eigenvalue weighted by molar-refractivity contribution is -0.132. The van der Waals surface area contributed by atoms with E-state index in [0.717, 1.165) is 22.3 Å². The lowest BCUT2D eigenvalue weighted by atomic mass is 10.2. The van der Waals surface area contributed by atoms with Crippen molar-refractivity contribution >= 4 is 27.7 Å². The molecule has 4 aromatic rings. The molecule has 0 aliphatic carbocycles. The second kappa shape index (κ2) is 7.77. The van der Waals surface area contributed by atoms with E-state index in [1.165, 1.54) is 10.8 Å². The van der Waals surface area contributed by atoms with Crippen molar-refractivity contribution in [2.24, 2.45) is 0 Å². The van der Waals surface area contributed by atoms with Crippen LogP contribution < -0.4 is 4.74 Å². The second-order valence-electron chi connectivity index (χ2n) is 6.88. The maximum Gasteiger partial charge on any atom is 0.242 e. The zero-order chi connectivity index (χ0) is 19.5. The van der Waals surface area contributed by atoms with Crippen molar-refractivity contribution < 1.29 is 9.53 Å². The fourth-order valence-electron chi connectivity index (χ4n) is 3.74. The monoisotopic (exact) mass is 372 g/mol. The number of fused-ring (bicyclic) bond motifs is 3. The van der Waals surface area contributed by atoms with Crippen molar-refractivity contribution in [3.63, 3.8) is 0 Å². The molecule has 0 saturated heterocycles. The van der Waals surface area contributed by atoms with Crippen molar-refractivity contribution in [1.29, 1.82) is 0 Å². The molecule has 0 fully saturated rings. The van der Waals surface area contributed by atoms with Crippen LogP contribution in [0.25, 0.3) is 21.8 Å². The van der Waals surface area contributed by atoms with Gasteiger partial charge in [-0.3, -0.25) is 4.79 Å². The highest BCUT2D eigenvalue weighted by molar-refractivity contribution is 6.08. The molecule has 0 aliphatic heterocycles. The summed E-state index contributed by atoms with van der Waals surface area (Å²) in [4.78, 5) is 15.0. The van der Waals surface area contributed by atoms with Gasteiger partial charge >= 0.3 is 0 Å². The molecule has 0 bridgehead atoms. The molecule has 0 atom stereocenters. The smallest absolute Gasteiger partial charge is 0.242 e. The predicted octanol–water partition coefficient (Wildman–Crippen LogP) is 4.85. The summed E-state index contributed by atoms with van der Waals surface area (Å²) in [6.07, 6.45) is 0. The second-order valence-corrected chi connectivity index (χ2v) is 6.88. The molecule has 0 spiro atoms. The first kappa shape index (κ1) is 18.1. The molecule has 0 saturated carbocycles. The van der Waals surface area contributed by atoms with Gasteiger partial charge in [0.1, 0.15) is 12.3 Å². The van der Waals surface area contributed by atoms with Gasteiger partial charge in [-0.2, -0.15) is 0 Å². The summed E-state index contributed by atoms with van der Waals surface area (Å²) in [5.74, 6) is 0.938. The molecular weight excluding hydrogens is 348 g/mol. The van der Waals surface area contributed by atoms with E-state index in [-0.39, 0.29) is 5.91 Å². The molecule has 1 amide bonds. The number of rotatable bonds is 6. The van der Waals surface area contributed by atoms with Crippen LogP contribution in [-0.4, -0.2) is 29.0 Å². The van der Waals surface area contributed by atoms with Crippen LogP contribution in [0.4, 0.5) is 0 Å². The first-order valence-electron chi connectivity index (χ1n) is 9.58. The third-order valence-corrected chi connectivity index (χ3v) is 5.24. The molecule has 1 aromatic heterocycles. The van der Waals surface area contributed by atoms with Crippen molar-refractivity contribution in [1.82, 2.24) is 9.47 Å². The minimum absolute atomic E-state index is 0.116. The number of benzene rings is 3. The topological polar surface area (TPSA) is 34.5 Å². The van der Waals surface area contributed by atoms with Gasteiger partial charge in [-0.1, -0.05) is 48.5 Å². The summed E-state index contributed by atoms with van der Waals surface area (Å²) >= 11 is 0. The number of amides is 1. The van der Waals surface area contributed by atoms with Crippen LogP contribution >= 0.6 is 0 Å². The van der Waals surface area contributed by atoms with Crippen LogP contribution in [0.1, 0.15) is 12.5 Å². The molecular formula is C24H24N2O2. The van der Waals surface area contributed by atoms with E-state index in [2.05, 4.69) is 28.8 Å². The van der Waals surface area contributed by atoms with E-state index in [1.807, 2.05) is 60.4 Å². The average molecular weight is 372 g/mol. The summed E-state index contributed by atoms with van der Waals surface area (Å²) in [5, 5.41) is 2.37. The van der Waals surface area contributed by atoms with Crippen molar-refractivity contribution in [3.05, 3.63) is 78.4 Å². The maximum atomic E-state index is 13.1. The molecule has 4 nitrogen and oxygen atoms in total. The summed E-state index contributed by atoms with van der Waals surface area (Å²) < 4.78 is 7.34. The Morgan fingerprint density at radius 3 is 2.00 bits per heavy atom. The Morgan fingerprint density at radius 2 is 1.46 bits per heavy atom. The van der Waals surface area contributed by atoms with Crippen LogP contribution in [0.5, 0.6) is 5.75 Å². The van der Waals surface area contributed by atoms with Gasteiger partial charge in [0.15, 0.2) is 0 Å². The Balaban J connectivity index is 1.62. The largest absolute Gasteiger partial charge is 0.497 e. The van der Waals surface area contributed by atoms with Crippen molar-refractivity contribution in [2.75, 3.05) is 13.7 Å². The van der Waals surface area contributed by atoms with E-state index >= 15 is 0 Å². The Hall–Kier alpha value is -3.27. The van der Waals surface area contributed by atoms with Gasteiger partial charge in [-0.25, -0.2) is 0 Å². The Morgan fingerprint density at radius 1 is 0.893 bits per heavy atom. The Labute approximate surface area is 164 Å². The molecule has 0 unspecified atom stereocenters. The highest BCUT2D eigenvalue weighted by Gasteiger charge is 2.17. The maximum absolute atomic E-state index is 13.1. The molecule has 28 heavy (non-hydrogen) atoms. The van der Waals surface area contributed by atoms with E-state index in [1.54, 1.807) is 7.11 Å². The zero-order valence-corrected chi connectivity index (χ0v) is 16.3. The molecule has 4 heteroatoms. The normalized spacial score (nSPS) is 11.1. The number of carbonyl (C=O) groups is 1. The van der Waals surface area contributed by atoms with Gasteiger partial charge < -0.3 is 14.2 Å². The minimum Gasteiger partial charge on any atom is -0.497 e. The first-order valence-corrected chi connectivity index (χ1v) is 9.58. The van der Waals surface area contributed by atoms with Gasteiger partial charge in [0, 0.05) is 34.9 Å². The average Bonchev–Trinajstić information content (AvgIpc) is 3.06. The molecule has 0 radical (unpaired) electrons.